The summed E-state index contributed by atoms with van der Waals surface area (Å²) in [5.74, 6) is 0.569. The fourth-order valence-corrected chi connectivity index (χ4v) is 2.17. The molecule has 92 valence electrons. The van der Waals surface area contributed by atoms with Crippen molar-refractivity contribution >= 4 is 12.3 Å². The van der Waals surface area contributed by atoms with Gasteiger partial charge in [-0.1, -0.05) is 6.92 Å². The minimum atomic E-state index is -0.169. The summed E-state index contributed by atoms with van der Waals surface area (Å²) in [4.78, 5) is 20.8. The number of ketones is 1. The third-order valence-corrected chi connectivity index (χ3v) is 3.08. The number of methoxy groups -OCH3 is 1. The van der Waals surface area contributed by atoms with Gasteiger partial charge in [-0.25, -0.2) is 0 Å². The van der Waals surface area contributed by atoms with Gasteiger partial charge < -0.3 is 14.8 Å². The van der Waals surface area contributed by atoms with Crippen molar-refractivity contribution in [3.8, 4) is 0 Å². The van der Waals surface area contributed by atoms with Crippen LogP contribution in [0.5, 0.6) is 0 Å². The van der Waals surface area contributed by atoms with E-state index in [0.29, 0.717) is 18.9 Å². The molecule has 0 aliphatic carbocycles. The summed E-state index contributed by atoms with van der Waals surface area (Å²) < 4.78 is 9.16. The highest BCUT2D eigenvalue weighted by atomic mass is 16.5. The molecule has 0 aromatic rings. The molecular formula is C11H19NO4. The van der Waals surface area contributed by atoms with Gasteiger partial charge in [0.25, 0.3) is 6.47 Å². The lowest BCUT2D eigenvalue weighted by Crippen LogP contribution is -2.51. The molecule has 5 heteroatoms. The normalized spacial score (nSPS) is 33.1. The third-order valence-electron chi connectivity index (χ3n) is 3.08. The minimum absolute atomic E-state index is 0.167. The predicted octanol–water partition coefficient (Wildman–Crippen LogP) is -0.00930. The molecule has 2 rings (SSSR count). The Morgan fingerprint density at radius 3 is 2.81 bits per heavy atom. The molecule has 0 aromatic carbocycles. The van der Waals surface area contributed by atoms with E-state index in [9.17, 15) is 4.79 Å². The molecule has 2 atom stereocenters. The topological polar surface area (TPSA) is 64.6 Å². The van der Waals surface area contributed by atoms with Crippen LogP contribution < -0.4 is 5.32 Å². The summed E-state index contributed by atoms with van der Waals surface area (Å²) in [6, 6.07) is 0. The van der Waals surface area contributed by atoms with Crippen LogP contribution in [0.3, 0.4) is 0 Å². The maximum atomic E-state index is 11.8. The monoisotopic (exact) mass is 229 g/mol. The van der Waals surface area contributed by atoms with E-state index in [4.69, 9.17) is 9.53 Å². The third kappa shape index (κ3) is 2.80. The van der Waals surface area contributed by atoms with Gasteiger partial charge in [0.15, 0.2) is 0 Å². The molecule has 2 aliphatic rings. The molecule has 1 spiro atoms. The average molecular weight is 229 g/mol. The number of Topliss-reactive ketones (excluding diaryl/α,β-unsaturated/α-hetero) is 1. The van der Waals surface area contributed by atoms with Gasteiger partial charge in [-0.2, -0.15) is 0 Å². The summed E-state index contributed by atoms with van der Waals surface area (Å²) in [6.45, 7) is 5.40. The van der Waals surface area contributed by atoms with E-state index in [1.165, 1.54) is 7.11 Å². The molecule has 5 nitrogen and oxygen atoms in total. The van der Waals surface area contributed by atoms with Crippen LogP contribution in [0.15, 0.2) is 0 Å². The maximum absolute atomic E-state index is 11.8. The highest BCUT2D eigenvalue weighted by Gasteiger charge is 2.45. The molecule has 2 unspecified atom stereocenters. The van der Waals surface area contributed by atoms with Crippen molar-refractivity contribution in [1.82, 2.24) is 5.32 Å². The van der Waals surface area contributed by atoms with Gasteiger partial charge in [-0.3, -0.25) is 9.59 Å². The molecular weight excluding hydrogens is 210 g/mol. The van der Waals surface area contributed by atoms with E-state index in [1.54, 1.807) is 0 Å². The Hall–Kier alpha value is -0.940. The Morgan fingerprint density at radius 1 is 1.62 bits per heavy atom. The first-order valence-electron chi connectivity index (χ1n) is 5.45. The fourth-order valence-electron chi connectivity index (χ4n) is 2.17. The van der Waals surface area contributed by atoms with Crippen LogP contribution in [0, 0.1) is 11.3 Å². The van der Waals surface area contributed by atoms with Crippen LogP contribution in [0.4, 0.5) is 0 Å². The summed E-state index contributed by atoms with van der Waals surface area (Å²) in [5, 5.41) is 3.30. The highest BCUT2D eigenvalue weighted by Crippen LogP contribution is 2.33. The first kappa shape index (κ1) is 13.1. The van der Waals surface area contributed by atoms with Crippen molar-refractivity contribution in [2.24, 2.45) is 11.3 Å². The number of piperidine rings is 1. The zero-order valence-corrected chi connectivity index (χ0v) is 9.82. The Balaban J connectivity index is 0.000000280. The lowest BCUT2D eigenvalue weighted by atomic mass is 9.75. The summed E-state index contributed by atoms with van der Waals surface area (Å²) in [6.07, 6.45) is 0.906. The SMILES string of the molecule is CC1CNCC2(CCOC2)C1=O.COC=O. The van der Waals surface area contributed by atoms with Gasteiger partial charge in [0.05, 0.1) is 19.1 Å². The molecule has 0 aromatic heterocycles. The number of nitrogens with one attached hydrogen (secondary N) is 1. The predicted molar refractivity (Wildman–Crippen MR) is 58.0 cm³/mol. The summed E-state index contributed by atoms with van der Waals surface area (Å²) >= 11 is 0. The molecule has 1 N–H and O–H groups in total. The summed E-state index contributed by atoms with van der Waals surface area (Å²) in [7, 11) is 1.31. The van der Waals surface area contributed by atoms with E-state index >= 15 is 0 Å². The van der Waals surface area contributed by atoms with Crippen molar-refractivity contribution in [2.45, 2.75) is 13.3 Å². The largest absolute Gasteiger partial charge is 0.471 e. The van der Waals surface area contributed by atoms with Crippen molar-refractivity contribution < 1.29 is 19.1 Å². The molecule has 0 amide bonds. The Labute approximate surface area is 95.5 Å². The zero-order chi connectivity index (χ0) is 12.0. The van der Waals surface area contributed by atoms with E-state index in [2.05, 4.69) is 10.1 Å². The minimum Gasteiger partial charge on any atom is -0.471 e. The summed E-state index contributed by atoms with van der Waals surface area (Å²) in [5.41, 5.74) is -0.169. The molecule has 0 radical (unpaired) electrons. The zero-order valence-electron chi connectivity index (χ0n) is 9.82. The van der Waals surface area contributed by atoms with Crippen LogP contribution in [0.2, 0.25) is 0 Å². The molecule has 2 heterocycles. The molecule has 2 fully saturated rings. The van der Waals surface area contributed by atoms with Crippen LogP contribution in [-0.2, 0) is 19.1 Å². The van der Waals surface area contributed by atoms with Gasteiger partial charge >= 0.3 is 0 Å². The van der Waals surface area contributed by atoms with Gasteiger partial charge in [0.2, 0.25) is 0 Å². The highest BCUT2D eigenvalue weighted by molar-refractivity contribution is 5.88. The van der Waals surface area contributed by atoms with Crippen molar-refractivity contribution in [2.75, 3.05) is 33.4 Å². The van der Waals surface area contributed by atoms with Gasteiger partial charge in [0, 0.05) is 25.6 Å². The van der Waals surface area contributed by atoms with Crippen LogP contribution in [0.25, 0.3) is 0 Å². The molecule has 2 aliphatic heterocycles. The second kappa shape index (κ2) is 5.96. The standard InChI is InChI=1S/C9H15NO2.C2H4O2/c1-7-4-10-5-9(8(7)11)2-3-12-6-9;1-4-2-3/h7,10H,2-6H2,1H3;2H,1H3. The second-order valence-corrected chi connectivity index (χ2v) is 4.31. The molecule has 2 saturated heterocycles. The number of carbonyl (C=O) groups excluding carboxylic acids is 2. The van der Waals surface area contributed by atoms with Gasteiger partial charge in [-0.15, -0.1) is 0 Å². The first-order valence-corrected chi connectivity index (χ1v) is 5.45. The lowest BCUT2D eigenvalue weighted by Gasteiger charge is -2.34. The van der Waals surface area contributed by atoms with Crippen molar-refractivity contribution in [3.63, 3.8) is 0 Å². The number of hydrogen-bond acceptors (Lipinski definition) is 5. The molecule has 0 saturated carbocycles. The number of rotatable bonds is 1. The maximum Gasteiger partial charge on any atom is 0.292 e. The van der Waals surface area contributed by atoms with Crippen molar-refractivity contribution in [3.05, 3.63) is 0 Å². The Kier molecular flexibility index (Phi) is 4.89. The molecule has 0 bridgehead atoms. The quantitative estimate of drug-likeness (QED) is 0.641. The van der Waals surface area contributed by atoms with Crippen LogP contribution in [-0.4, -0.2) is 45.7 Å². The number of ether oxygens (including phenoxy) is 2. The van der Waals surface area contributed by atoms with Crippen LogP contribution >= 0.6 is 0 Å². The first-order chi connectivity index (χ1) is 7.66. The Morgan fingerprint density at radius 2 is 2.31 bits per heavy atom. The van der Waals surface area contributed by atoms with Gasteiger partial charge in [-0.05, 0) is 6.42 Å². The fraction of sp³-hybridized carbons (Fsp3) is 0.818. The van der Waals surface area contributed by atoms with E-state index in [-0.39, 0.29) is 11.3 Å². The van der Waals surface area contributed by atoms with E-state index in [1.807, 2.05) is 6.92 Å². The van der Waals surface area contributed by atoms with Gasteiger partial charge in [0.1, 0.15) is 5.78 Å². The second-order valence-electron chi connectivity index (χ2n) is 4.31. The van der Waals surface area contributed by atoms with E-state index < -0.39 is 0 Å². The van der Waals surface area contributed by atoms with E-state index in [0.717, 1.165) is 26.1 Å². The van der Waals surface area contributed by atoms with Crippen LogP contribution in [0.1, 0.15) is 13.3 Å². The Bertz CT molecular complexity index is 248. The average Bonchev–Trinajstić information content (AvgIpc) is 2.76. The van der Waals surface area contributed by atoms with Crippen molar-refractivity contribution in [1.29, 1.82) is 0 Å². The lowest BCUT2D eigenvalue weighted by molar-refractivity contribution is -0.134. The number of carbonyl (C=O) groups is 2. The smallest absolute Gasteiger partial charge is 0.292 e. The number of hydrogen-bond donors (Lipinski definition) is 1. The molecule has 16 heavy (non-hydrogen) atoms.